The van der Waals surface area contributed by atoms with Gasteiger partial charge < -0.3 is 9.47 Å². The average molecular weight is 481 g/mol. The summed E-state index contributed by atoms with van der Waals surface area (Å²) < 4.78 is 11.7. The van der Waals surface area contributed by atoms with Gasteiger partial charge in [-0.1, -0.05) is 36.7 Å². The van der Waals surface area contributed by atoms with E-state index in [1.807, 2.05) is 0 Å². The minimum Gasteiger partial charge on any atom is -0.469 e. The fraction of sp³-hybridized carbons (Fsp3) is 0.920. The van der Waals surface area contributed by atoms with Crippen molar-refractivity contribution in [1.82, 2.24) is 0 Å². The van der Waals surface area contributed by atoms with Crippen molar-refractivity contribution < 1.29 is 19.1 Å². The molecule has 0 radical (unpaired) electrons. The van der Waals surface area contributed by atoms with E-state index in [0.717, 1.165) is 38.5 Å². The third-order valence-electron chi connectivity index (χ3n) is 10.7. The summed E-state index contributed by atoms with van der Waals surface area (Å²) in [5.41, 5.74) is -0.630. The van der Waals surface area contributed by atoms with Crippen molar-refractivity contribution in [3.05, 3.63) is 0 Å². The number of rotatable bonds is 4. The number of esters is 1. The fourth-order valence-corrected chi connectivity index (χ4v) is 10.2. The van der Waals surface area contributed by atoms with Crippen LogP contribution < -0.4 is 0 Å². The molecular formula is C25H37BrO4. The van der Waals surface area contributed by atoms with Crippen LogP contribution in [0.4, 0.5) is 0 Å². The zero-order valence-corrected chi connectivity index (χ0v) is 20.5. The molecule has 4 aliphatic carbocycles. The van der Waals surface area contributed by atoms with Crippen LogP contribution in [0.5, 0.6) is 0 Å². The molecule has 2 saturated heterocycles. The maximum absolute atomic E-state index is 14.3. The number of ether oxygens (including phenoxy) is 2. The van der Waals surface area contributed by atoms with Crippen LogP contribution in [0.1, 0.15) is 78.6 Å². The highest BCUT2D eigenvalue weighted by Crippen LogP contribution is 2.73. The van der Waals surface area contributed by atoms with Crippen molar-refractivity contribution in [1.29, 1.82) is 0 Å². The zero-order chi connectivity index (χ0) is 21.5. The van der Waals surface area contributed by atoms with Crippen LogP contribution in [0.3, 0.4) is 0 Å². The van der Waals surface area contributed by atoms with Crippen LogP contribution in [-0.4, -0.2) is 35.4 Å². The Labute approximate surface area is 189 Å². The van der Waals surface area contributed by atoms with Crippen LogP contribution in [0.2, 0.25) is 0 Å². The van der Waals surface area contributed by atoms with Crippen LogP contribution in [-0.2, 0) is 19.1 Å². The summed E-state index contributed by atoms with van der Waals surface area (Å²) in [5.74, 6) is 2.57. The lowest BCUT2D eigenvalue weighted by Gasteiger charge is -2.71. The predicted octanol–water partition coefficient (Wildman–Crippen LogP) is 5.31. The molecule has 6 aliphatic rings. The molecule has 1 unspecified atom stereocenters. The minimum absolute atomic E-state index is 0.00366. The van der Waals surface area contributed by atoms with Gasteiger partial charge in [0.1, 0.15) is 5.60 Å². The maximum atomic E-state index is 14.3. The van der Waals surface area contributed by atoms with E-state index < -0.39 is 5.60 Å². The van der Waals surface area contributed by atoms with Crippen molar-refractivity contribution in [2.45, 2.75) is 95.1 Å². The van der Waals surface area contributed by atoms with E-state index >= 15 is 0 Å². The van der Waals surface area contributed by atoms with Gasteiger partial charge in [-0.3, -0.25) is 9.59 Å². The summed E-state index contributed by atoms with van der Waals surface area (Å²) in [7, 11) is 1.46. The van der Waals surface area contributed by atoms with Gasteiger partial charge in [-0.15, -0.1) is 0 Å². The molecule has 6 rings (SSSR count). The second-order valence-electron chi connectivity index (χ2n) is 11.5. The van der Waals surface area contributed by atoms with Gasteiger partial charge in [-0.2, -0.15) is 0 Å². The standard InChI is InChI=1S/C25H37BrO4/c1-14(5-10-20(27)29-4)17-8-9-18-19-7-6-15-13-16-11-12-23(15,2)25(19,30-16)22(28)21(26)24(17,18)3/h14-19,21H,5-13H2,1-4H3/t14-,15-,16?,17-,18+,19+,21-,23+,24-,25+/m1/s1. The van der Waals surface area contributed by atoms with Crippen molar-refractivity contribution in [2.24, 2.45) is 40.4 Å². The van der Waals surface area contributed by atoms with Crippen LogP contribution in [0, 0.1) is 40.4 Å². The Bertz CT molecular complexity index is 753. The molecule has 10 atom stereocenters. The average Bonchev–Trinajstić information content (AvgIpc) is 3.08. The molecule has 1 spiro atoms. The quantitative estimate of drug-likeness (QED) is 0.404. The third-order valence-corrected chi connectivity index (χ3v) is 12.1. The highest BCUT2D eigenvalue weighted by Gasteiger charge is 2.77. The van der Waals surface area contributed by atoms with Crippen molar-refractivity contribution in [3.8, 4) is 0 Å². The topological polar surface area (TPSA) is 52.6 Å². The molecular weight excluding hydrogens is 444 g/mol. The smallest absolute Gasteiger partial charge is 0.305 e. The summed E-state index contributed by atoms with van der Waals surface area (Å²) in [6.45, 7) is 7.02. The Morgan fingerprint density at radius 2 is 1.93 bits per heavy atom. The first-order valence-electron chi connectivity index (χ1n) is 12.1. The Balaban J connectivity index is 1.49. The van der Waals surface area contributed by atoms with E-state index in [-0.39, 0.29) is 27.7 Å². The number of fused-ring (bicyclic) bond motifs is 3. The number of ketones is 1. The molecule has 0 N–H and O–H groups in total. The van der Waals surface area contributed by atoms with Gasteiger partial charge in [0.15, 0.2) is 5.78 Å². The van der Waals surface area contributed by atoms with Gasteiger partial charge in [-0.05, 0) is 86.4 Å². The first-order chi connectivity index (χ1) is 14.2. The molecule has 0 aromatic carbocycles. The number of Topliss-reactive ketones (excluding diaryl/α,β-unsaturated/α-hetero) is 1. The predicted molar refractivity (Wildman–Crippen MR) is 118 cm³/mol. The molecule has 6 fully saturated rings. The Morgan fingerprint density at radius 3 is 2.67 bits per heavy atom. The molecule has 4 saturated carbocycles. The fourth-order valence-electron chi connectivity index (χ4n) is 9.18. The second-order valence-corrected chi connectivity index (χ2v) is 12.4. The van der Waals surface area contributed by atoms with Gasteiger partial charge in [-0.25, -0.2) is 0 Å². The summed E-state index contributed by atoms with van der Waals surface area (Å²) in [4.78, 5) is 25.8. The van der Waals surface area contributed by atoms with E-state index in [4.69, 9.17) is 9.47 Å². The lowest BCUT2D eigenvalue weighted by Crippen LogP contribution is -2.77. The first-order valence-corrected chi connectivity index (χ1v) is 13.0. The monoisotopic (exact) mass is 480 g/mol. The summed E-state index contributed by atoms with van der Waals surface area (Å²) in [6.07, 6.45) is 9.73. The van der Waals surface area contributed by atoms with Gasteiger partial charge in [0.25, 0.3) is 0 Å². The highest BCUT2D eigenvalue weighted by atomic mass is 79.9. The molecule has 30 heavy (non-hydrogen) atoms. The van der Waals surface area contributed by atoms with Crippen LogP contribution >= 0.6 is 15.9 Å². The first kappa shape index (κ1) is 21.4. The maximum Gasteiger partial charge on any atom is 0.305 e. The third kappa shape index (κ3) is 2.48. The highest BCUT2D eigenvalue weighted by molar-refractivity contribution is 9.10. The number of hydrogen-bond donors (Lipinski definition) is 0. The van der Waals surface area contributed by atoms with E-state index in [9.17, 15) is 9.59 Å². The summed E-state index contributed by atoms with van der Waals surface area (Å²) in [5, 5.41) is 0. The van der Waals surface area contributed by atoms with E-state index in [1.165, 1.54) is 20.0 Å². The molecule has 5 heteroatoms. The summed E-state index contributed by atoms with van der Waals surface area (Å²) >= 11 is 3.98. The number of hydrogen-bond acceptors (Lipinski definition) is 4. The van der Waals surface area contributed by atoms with Gasteiger partial charge >= 0.3 is 5.97 Å². The second kappa shape index (κ2) is 7.04. The minimum atomic E-state index is -0.570. The molecule has 0 aromatic rings. The molecule has 2 heterocycles. The Morgan fingerprint density at radius 1 is 1.20 bits per heavy atom. The normalized spacial score (nSPS) is 52.5. The molecule has 0 amide bonds. The van der Waals surface area contributed by atoms with Crippen molar-refractivity contribution >= 4 is 27.7 Å². The number of alkyl halides is 1. The Kier molecular flexibility index (Phi) is 5.03. The van der Waals surface area contributed by atoms with Crippen LogP contribution in [0.15, 0.2) is 0 Å². The molecule has 4 nitrogen and oxygen atoms in total. The number of halogens is 1. The van der Waals surface area contributed by atoms with E-state index in [0.29, 0.717) is 41.8 Å². The van der Waals surface area contributed by atoms with E-state index in [1.54, 1.807) is 0 Å². The van der Waals surface area contributed by atoms with Gasteiger partial charge in [0.2, 0.25) is 0 Å². The number of carbonyl (C=O) groups excluding carboxylic acids is 2. The summed E-state index contributed by atoms with van der Waals surface area (Å²) in [6, 6.07) is 0. The Hall–Kier alpha value is -0.420. The largest absolute Gasteiger partial charge is 0.469 e. The van der Waals surface area contributed by atoms with Crippen LogP contribution in [0.25, 0.3) is 0 Å². The molecule has 0 aromatic heterocycles. The number of methoxy groups -OCH3 is 1. The molecule has 168 valence electrons. The van der Waals surface area contributed by atoms with Gasteiger partial charge in [0.05, 0.1) is 18.0 Å². The van der Waals surface area contributed by atoms with E-state index in [2.05, 4.69) is 36.7 Å². The molecule has 4 bridgehead atoms. The number of carbonyl (C=O) groups is 2. The zero-order valence-electron chi connectivity index (χ0n) is 18.9. The lowest BCUT2D eigenvalue weighted by molar-refractivity contribution is -0.306. The van der Waals surface area contributed by atoms with Gasteiger partial charge in [0, 0.05) is 11.8 Å². The van der Waals surface area contributed by atoms with Crippen molar-refractivity contribution in [3.63, 3.8) is 0 Å². The molecule has 2 aliphatic heterocycles. The SMILES string of the molecule is COC(=O)CC[C@@H](C)[C@H]1CC[C@H]2[C@@H]3CC[C@@H]4CC5CC[C@]4(C)[C@@]3(O5)C(=O)[C@@H](Br)[C@]12C. The lowest BCUT2D eigenvalue weighted by atomic mass is 9.40. The van der Waals surface area contributed by atoms with Crippen molar-refractivity contribution in [2.75, 3.05) is 7.11 Å².